The molecule has 0 aliphatic carbocycles. The van der Waals surface area contributed by atoms with E-state index in [4.69, 9.17) is 0 Å². The van der Waals surface area contributed by atoms with Gasteiger partial charge in [-0.15, -0.1) is 0 Å². The second-order valence-corrected chi connectivity index (χ2v) is 2.01. The van der Waals surface area contributed by atoms with Crippen LogP contribution in [0.2, 0.25) is 0 Å². The second kappa shape index (κ2) is 3.60. The Labute approximate surface area is 63.3 Å². The van der Waals surface area contributed by atoms with Gasteiger partial charge in [0.2, 0.25) is 6.54 Å². The highest BCUT2D eigenvalue weighted by molar-refractivity contribution is 4.97. The molecule has 1 heterocycles. The summed E-state index contributed by atoms with van der Waals surface area (Å²) in [7, 11) is 0. The molecule has 5 heteroatoms. The first-order valence-electron chi connectivity index (χ1n) is 3.16. The molecule has 0 fully saturated rings. The Bertz CT molecular complexity index is 237. The molecule has 0 amide bonds. The third-order valence-electron chi connectivity index (χ3n) is 1.19. The molecular weight excluding hydrogens is 146 g/mol. The maximum absolute atomic E-state index is 9.93. The first kappa shape index (κ1) is 7.59. The van der Waals surface area contributed by atoms with Crippen LogP contribution in [-0.4, -0.2) is 21.4 Å². The fourth-order valence-electron chi connectivity index (χ4n) is 0.672. The lowest BCUT2D eigenvalue weighted by atomic mass is 10.3. The topological polar surface area (TPSA) is 68.9 Å². The number of aromatic nitrogens is 2. The molecule has 0 spiro atoms. The standard InChI is InChI=1S/C6H7N3O2/c10-9(11)4-2-6-1-3-7-5-8-6/h1,3,5H,2,4H2. The molecule has 0 atom stereocenters. The SMILES string of the molecule is O=[N+]([O-])CCc1ccncn1. The second-order valence-electron chi connectivity index (χ2n) is 2.01. The third-order valence-corrected chi connectivity index (χ3v) is 1.19. The highest BCUT2D eigenvalue weighted by Gasteiger charge is 1.98. The quantitative estimate of drug-likeness (QED) is 0.462. The van der Waals surface area contributed by atoms with Crippen LogP contribution in [0.3, 0.4) is 0 Å². The average Bonchev–Trinajstić information content (AvgIpc) is 2.03. The van der Waals surface area contributed by atoms with Gasteiger partial charge in [-0.3, -0.25) is 10.1 Å². The van der Waals surface area contributed by atoms with Crippen molar-refractivity contribution in [3.8, 4) is 0 Å². The monoisotopic (exact) mass is 153 g/mol. The minimum Gasteiger partial charge on any atom is -0.265 e. The molecule has 0 aliphatic rings. The van der Waals surface area contributed by atoms with Crippen molar-refractivity contribution in [1.82, 2.24) is 9.97 Å². The molecule has 0 aromatic carbocycles. The Morgan fingerprint density at radius 3 is 3.00 bits per heavy atom. The summed E-state index contributed by atoms with van der Waals surface area (Å²) < 4.78 is 0. The van der Waals surface area contributed by atoms with Gasteiger partial charge in [0.25, 0.3) is 0 Å². The first-order chi connectivity index (χ1) is 5.29. The van der Waals surface area contributed by atoms with Crippen molar-refractivity contribution in [2.24, 2.45) is 0 Å². The number of nitro groups is 1. The average molecular weight is 153 g/mol. The van der Waals surface area contributed by atoms with E-state index >= 15 is 0 Å². The smallest absolute Gasteiger partial charge is 0.209 e. The van der Waals surface area contributed by atoms with Crippen LogP contribution in [-0.2, 0) is 6.42 Å². The Balaban J connectivity index is 2.45. The van der Waals surface area contributed by atoms with Crippen LogP contribution in [0.1, 0.15) is 5.69 Å². The lowest BCUT2D eigenvalue weighted by molar-refractivity contribution is -0.479. The van der Waals surface area contributed by atoms with Crippen molar-refractivity contribution in [2.75, 3.05) is 6.54 Å². The molecule has 0 radical (unpaired) electrons. The van der Waals surface area contributed by atoms with Gasteiger partial charge in [0.1, 0.15) is 6.33 Å². The van der Waals surface area contributed by atoms with E-state index in [1.54, 1.807) is 12.3 Å². The van der Waals surface area contributed by atoms with Crippen molar-refractivity contribution in [3.63, 3.8) is 0 Å². The summed E-state index contributed by atoms with van der Waals surface area (Å²) in [5, 5.41) is 9.93. The van der Waals surface area contributed by atoms with Gasteiger partial charge in [-0.1, -0.05) is 0 Å². The van der Waals surface area contributed by atoms with E-state index in [0.29, 0.717) is 12.1 Å². The van der Waals surface area contributed by atoms with Crippen molar-refractivity contribution in [1.29, 1.82) is 0 Å². The van der Waals surface area contributed by atoms with Gasteiger partial charge in [-0.2, -0.15) is 0 Å². The van der Waals surface area contributed by atoms with E-state index in [0.717, 1.165) is 0 Å². The largest absolute Gasteiger partial charge is 0.265 e. The summed E-state index contributed by atoms with van der Waals surface area (Å²) in [5.41, 5.74) is 0.705. The molecule has 0 aliphatic heterocycles. The van der Waals surface area contributed by atoms with E-state index in [1.165, 1.54) is 6.33 Å². The van der Waals surface area contributed by atoms with E-state index in [2.05, 4.69) is 9.97 Å². The van der Waals surface area contributed by atoms with E-state index in [1.807, 2.05) is 0 Å². The summed E-state index contributed by atoms with van der Waals surface area (Å²) in [6, 6.07) is 1.67. The van der Waals surface area contributed by atoms with Crippen LogP contribution in [0.15, 0.2) is 18.6 Å². The summed E-state index contributed by atoms with van der Waals surface area (Å²) in [4.78, 5) is 17.1. The molecule has 1 aromatic rings. The van der Waals surface area contributed by atoms with Crippen LogP contribution >= 0.6 is 0 Å². The molecule has 0 saturated carbocycles. The van der Waals surface area contributed by atoms with Gasteiger partial charge in [-0.25, -0.2) is 9.97 Å². The maximum Gasteiger partial charge on any atom is 0.209 e. The Morgan fingerprint density at radius 1 is 1.64 bits per heavy atom. The van der Waals surface area contributed by atoms with Gasteiger partial charge in [-0.05, 0) is 6.07 Å². The lowest BCUT2D eigenvalue weighted by Crippen LogP contribution is -2.05. The van der Waals surface area contributed by atoms with Crippen LogP contribution in [0, 0.1) is 10.1 Å². The van der Waals surface area contributed by atoms with E-state index in [9.17, 15) is 10.1 Å². The van der Waals surface area contributed by atoms with Crippen LogP contribution in [0.4, 0.5) is 0 Å². The predicted octanol–water partition coefficient (Wildman–Crippen LogP) is 0.296. The van der Waals surface area contributed by atoms with Gasteiger partial charge in [0, 0.05) is 11.1 Å². The summed E-state index contributed by atoms with van der Waals surface area (Å²) in [5.74, 6) is 0. The summed E-state index contributed by atoms with van der Waals surface area (Å²) in [6.45, 7) is -0.0724. The van der Waals surface area contributed by atoms with Crippen molar-refractivity contribution >= 4 is 0 Å². The summed E-state index contributed by atoms with van der Waals surface area (Å²) in [6.07, 6.45) is 3.33. The fraction of sp³-hybridized carbons (Fsp3) is 0.333. The molecule has 58 valence electrons. The van der Waals surface area contributed by atoms with Crippen LogP contribution in [0.5, 0.6) is 0 Å². The van der Waals surface area contributed by atoms with Crippen LogP contribution < -0.4 is 0 Å². The molecule has 5 nitrogen and oxygen atoms in total. The third kappa shape index (κ3) is 2.70. The maximum atomic E-state index is 9.93. The molecular formula is C6H7N3O2. The molecule has 0 saturated heterocycles. The minimum absolute atomic E-state index is 0.0724. The van der Waals surface area contributed by atoms with Gasteiger partial charge < -0.3 is 0 Å². The van der Waals surface area contributed by atoms with E-state index < -0.39 is 0 Å². The lowest BCUT2D eigenvalue weighted by Gasteiger charge is -1.92. The van der Waals surface area contributed by atoms with Gasteiger partial charge in [0.05, 0.1) is 12.1 Å². The predicted molar refractivity (Wildman–Crippen MR) is 37.6 cm³/mol. The molecule has 0 unspecified atom stereocenters. The molecule has 1 rings (SSSR count). The highest BCUT2D eigenvalue weighted by atomic mass is 16.6. The van der Waals surface area contributed by atoms with Gasteiger partial charge >= 0.3 is 0 Å². The normalized spacial score (nSPS) is 9.45. The molecule has 0 bridgehead atoms. The zero-order valence-electron chi connectivity index (χ0n) is 5.80. The zero-order valence-corrected chi connectivity index (χ0v) is 5.80. The zero-order chi connectivity index (χ0) is 8.10. The molecule has 0 N–H and O–H groups in total. The molecule has 11 heavy (non-hydrogen) atoms. The highest BCUT2D eigenvalue weighted by Crippen LogP contribution is 1.91. The summed E-state index contributed by atoms with van der Waals surface area (Å²) >= 11 is 0. The van der Waals surface area contributed by atoms with Crippen LogP contribution in [0.25, 0.3) is 0 Å². The Kier molecular flexibility index (Phi) is 2.48. The van der Waals surface area contributed by atoms with Crippen molar-refractivity contribution in [2.45, 2.75) is 6.42 Å². The number of nitrogens with zero attached hydrogens (tertiary/aromatic N) is 3. The first-order valence-corrected chi connectivity index (χ1v) is 3.16. The van der Waals surface area contributed by atoms with Crippen molar-refractivity contribution in [3.05, 3.63) is 34.4 Å². The molecule has 1 aromatic heterocycles. The Morgan fingerprint density at radius 2 is 2.45 bits per heavy atom. The van der Waals surface area contributed by atoms with Gasteiger partial charge in [0.15, 0.2) is 0 Å². The minimum atomic E-state index is -0.359. The Hall–Kier alpha value is -1.52. The van der Waals surface area contributed by atoms with Crippen molar-refractivity contribution < 1.29 is 4.92 Å². The number of hydrogen-bond donors (Lipinski definition) is 0. The fourth-order valence-corrected chi connectivity index (χ4v) is 0.672. The number of hydrogen-bond acceptors (Lipinski definition) is 4. The van der Waals surface area contributed by atoms with E-state index in [-0.39, 0.29) is 11.5 Å². The number of rotatable bonds is 3.